The van der Waals surface area contributed by atoms with Crippen LogP contribution < -0.4 is 0 Å². The topological polar surface area (TPSA) is 60.7 Å². The summed E-state index contributed by atoms with van der Waals surface area (Å²) in [4.78, 5) is 0. The van der Waals surface area contributed by atoms with Crippen LogP contribution in [-0.2, 0) is 12.4 Å². The van der Waals surface area contributed by atoms with E-state index in [0.717, 1.165) is 0 Å². The van der Waals surface area contributed by atoms with Crippen molar-refractivity contribution in [2.45, 2.75) is 24.6 Å². The van der Waals surface area contributed by atoms with Gasteiger partial charge in [-0.15, -0.1) is 0 Å². The lowest BCUT2D eigenvalue weighted by atomic mass is 9.98. The van der Waals surface area contributed by atoms with Gasteiger partial charge in [-0.25, -0.2) is 0 Å². The van der Waals surface area contributed by atoms with E-state index in [4.69, 9.17) is 10.2 Å². The summed E-state index contributed by atoms with van der Waals surface area (Å²) in [6.45, 7) is -1.02. The predicted octanol–water partition coefficient (Wildman–Crippen LogP) is 2.11. The molecule has 3 N–H and O–H groups in total. The molecular weight excluding hydrogens is 294 g/mol. The lowest BCUT2D eigenvalue weighted by Crippen LogP contribution is -2.23. The second-order valence-electron chi connectivity index (χ2n) is 4.03. The molecule has 0 bridgehead atoms. The minimum absolute atomic E-state index is 0.0957. The molecule has 0 saturated heterocycles. The van der Waals surface area contributed by atoms with Crippen molar-refractivity contribution in [1.29, 1.82) is 0 Å². The van der Waals surface area contributed by atoms with E-state index in [1.165, 1.54) is 0 Å². The second kappa shape index (κ2) is 5.58. The minimum Gasteiger partial charge on any atom is -0.394 e. The fourth-order valence-corrected chi connectivity index (χ4v) is 1.47. The maximum atomic E-state index is 12.5. The van der Waals surface area contributed by atoms with Gasteiger partial charge in [-0.3, -0.25) is 0 Å². The Hall–Kier alpha value is -1.32. The Bertz CT molecular complexity index is 436. The average Bonchev–Trinajstić information content (AvgIpc) is 2.34. The van der Waals surface area contributed by atoms with Crippen molar-refractivity contribution in [2.75, 3.05) is 6.61 Å². The zero-order valence-corrected chi connectivity index (χ0v) is 9.70. The first kappa shape index (κ1) is 16.7. The Morgan fingerprint density at radius 3 is 1.55 bits per heavy atom. The van der Waals surface area contributed by atoms with Gasteiger partial charge in [0.15, 0.2) is 0 Å². The molecule has 0 spiro atoms. The van der Waals surface area contributed by atoms with E-state index in [2.05, 4.69) is 0 Å². The number of hydrogen-bond acceptors (Lipinski definition) is 3. The van der Waals surface area contributed by atoms with E-state index in [1.807, 2.05) is 0 Å². The number of benzene rings is 1. The van der Waals surface area contributed by atoms with E-state index < -0.39 is 47.9 Å². The number of hydrogen-bond donors (Lipinski definition) is 3. The zero-order chi connectivity index (χ0) is 15.7. The summed E-state index contributed by atoms with van der Waals surface area (Å²) in [6.07, 6.45) is -14.0. The smallest absolute Gasteiger partial charge is 0.394 e. The van der Waals surface area contributed by atoms with E-state index >= 15 is 0 Å². The van der Waals surface area contributed by atoms with Gasteiger partial charge >= 0.3 is 12.4 Å². The van der Waals surface area contributed by atoms with E-state index in [-0.39, 0.29) is 6.07 Å². The first-order valence-corrected chi connectivity index (χ1v) is 5.23. The van der Waals surface area contributed by atoms with Crippen LogP contribution in [0.5, 0.6) is 0 Å². The maximum absolute atomic E-state index is 12.5. The first-order valence-electron chi connectivity index (χ1n) is 5.23. The lowest BCUT2D eigenvalue weighted by Gasteiger charge is -2.19. The van der Waals surface area contributed by atoms with E-state index in [0.29, 0.717) is 12.1 Å². The van der Waals surface area contributed by atoms with Crippen molar-refractivity contribution in [3.63, 3.8) is 0 Å². The van der Waals surface area contributed by atoms with Crippen molar-refractivity contribution in [2.24, 2.45) is 0 Å². The summed E-state index contributed by atoms with van der Waals surface area (Å²) < 4.78 is 75.1. The minimum atomic E-state index is -5.04. The molecule has 0 heterocycles. The van der Waals surface area contributed by atoms with Gasteiger partial charge in [0.1, 0.15) is 12.2 Å². The Morgan fingerprint density at radius 2 is 1.25 bits per heavy atom. The summed E-state index contributed by atoms with van der Waals surface area (Å²) >= 11 is 0. The fourth-order valence-electron chi connectivity index (χ4n) is 1.47. The third-order valence-corrected chi connectivity index (χ3v) is 2.50. The first-order chi connectivity index (χ1) is 8.96. The third-order valence-electron chi connectivity index (χ3n) is 2.50. The van der Waals surface area contributed by atoms with E-state index in [9.17, 15) is 31.4 Å². The van der Waals surface area contributed by atoms with Crippen LogP contribution in [0.4, 0.5) is 26.3 Å². The standard InChI is InChI=1S/C11H10F6O3/c12-10(13,14)6-1-5(9(20)8(19)4-18)2-7(3-6)11(15,16)17/h1-3,8-9,18-20H,4H2. The number of aliphatic hydroxyl groups excluding tert-OH is 3. The maximum Gasteiger partial charge on any atom is 0.416 e. The predicted molar refractivity (Wildman–Crippen MR) is 54.5 cm³/mol. The molecule has 0 fully saturated rings. The van der Waals surface area contributed by atoms with Gasteiger partial charge < -0.3 is 15.3 Å². The number of rotatable bonds is 3. The summed E-state index contributed by atoms with van der Waals surface area (Å²) in [7, 11) is 0. The highest BCUT2D eigenvalue weighted by Crippen LogP contribution is 2.37. The molecule has 20 heavy (non-hydrogen) atoms. The molecule has 0 amide bonds. The monoisotopic (exact) mass is 304 g/mol. The Kier molecular flexibility index (Phi) is 4.67. The Balaban J connectivity index is 3.38. The summed E-state index contributed by atoms with van der Waals surface area (Å²) in [6, 6.07) is 0.485. The van der Waals surface area contributed by atoms with Crippen LogP contribution >= 0.6 is 0 Å². The van der Waals surface area contributed by atoms with Crippen molar-refractivity contribution in [3.8, 4) is 0 Å². The van der Waals surface area contributed by atoms with Crippen LogP contribution in [0.3, 0.4) is 0 Å². The van der Waals surface area contributed by atoms with E-state index in [1.54, 1.807) is 0 Å². The molecule has 0 radical (unpaired) electrons. The Morgan fingerprint density at radius 1 is 0.850 bits per heavy atom. The van der Waals surface area contributed by atoms with Crippen LogP contribution in [0, 0.1) is 0 Å². The third kappa shape index (κ3) is 3.84. The quantitative estimate of drug-likeness (QED) is 0.750. The lowest BCUT2D eigenvalue weighted by molar-refractivity contribution is -0.143. The summed E-state index contributed by atoms with van der Waals surface area (Å²) in [5.41, 5.74) is -3.99. The molecule has 0 aromatic heterocycles. The molecule has 0 aliphatic rings. The second-order valence-corrected chi connectivity index (χ2v) is 4.03. The molecule has 2 unspecified atom stereocenters. The normalized spacial score (nSPS) is 16.1. The molecule has 2 atom stereocenters. The SMILES string of the molecule is OCC(O)C(O)c1cc(C(F)(F)F)cc(C(F)(F)F)c1. The van der Waals surface area contributed by atoms with Gasteiger partial charge in [-0.05, 0) is 23.8 Å². The van der Waals surface area contributed by atoms with Crippen LogP contribution in [-0.4, -0.2) is 28.0 Å². The van der Waals surface area contributed by atoms with Gasteiger partial charge in [0.05, 0.1) is 17.7 Å². The van der Waals surface area contributed by atoms with Crippen LogP contribution in [0.1, 0.15) is 22.8 Å². The van der Waals surface area contributed by atoms with Crippen molar-refractivity contribution < 1.29 is 41.7 Å². The fraction of sp³-hybridized carbons (Fsp3) is 0.455. The van der Waals surface area contributed by atoms with Gasteiger partial charge in [0, 0.05) is 0 Å². The molecule has 0 aliphatic heterocycles. The van der Waals surface area contributed by atoms with Gasteiger partial charge in [0.2, 0.25) is 0 Å². The van der Waals surface area contributed by atoms with Gasteiger partial charge in [0.25, 0.3) is 0 Å². The van der Waals surface area contributed by atoms with Crippen molar-refractivity contribution >= 4 is 0 Å². The molecule has 0 saturated carbocycles. The highest BCUT2D eigenvalue weighted by molar-refractivity contribution is 5.35. The zero-order valence-electron chi connectivity index (χ0n) is 9.70. The summed E-state index contributed by atoms with van der Waals surface area (Å²) in [5, 5.41) is 27.1. The molecule has 3 nitrogen and oxygen atoms in total. The van der Waals surface area contributed by atoms with Gasteiger partial charge in [-0.2, -0.15) is 26.3 Å². The van der Waals surface area contributed by atoms with Crippen LogP contribution in [0.2, 0.25) is 0 Å². The molecule has 1 aromatic carbocycles. The van der Waals surface area contributed by atoms with Gasteiger partial charge in [-0.1, -0.05) is 0 Å². The highest BCUT2D eigenvalue weighted by atomic mass is 19.4. The van der Waals surface area contributed by atoms with Crippen LogP contribution in [0.15, 0.2) is 18.2 Å². The van der Waals surface area contributed by atoms with Crippen molar-refractivity contribution in [3.05, 3.63) is 34.9 Å². The molecule has 1 rings (SSSR count). The molecule has 9 heteroatoms. The largest absolute Gasteiger partial charge is 0.416 e. The molecule has 0 aliphatic carbocycles. The molecule has 1 aromatic rings. The van der Waals surface area contributed by atoms with Crippen molar-refractivity contribution in [1.82, 2.24) is 0 Å². The molecule has 114 valence electrons. The average molecular weight is 304 g/mol. The number of alkyl halides is 6. The number of aliphatic hydroxyl groups is 3. The van der Waals surface area contributed by atoms with Crippen LogP contribution in [0.25, 0.3) is 0 Å². The summed E-state index contributed by atoms with van der Waals surface area (Å²) in [5.74, 6) is 0. The number of halogens is 6. The highest BCUT2D eigenvalue weighted by Gasteiger charge is 2.37. The Labute approximate surface area is 109 Å². The molecular formula is C11H10F6O3.